The van der Waals surface area contributed by atoms with Crippen molar-refractivity contribution in [2.75, 3.05) is 0 Å². The maximum Gasteiger partial charge on any atom is 0.238 e. The van der Waals surface area contributed by atoms with Crippen molar-refractivity contribution in [1.82, 2.24) is 19.6 Å². The molecule has 0 spiro atoms. The summed E-state index contributed by atoms with van der Waals surface area (Å²) in [5.41, 5.74) is 4.95. The van der Waals surface area contributed by atoms with Crippen LogP contribution in [0.4, 0.5) is 0 Å². The molecule has 0 atom stereocenters. The van der Waals surface area contributed by atoms with Crippen LogP contribution in [0.15, 0.2) is 66.1 Å². The first-order valence-corrected chi connectivity index (χ1v) is 9.37. The normalized spacial score (nSPS) is 11.8. The van der Waals surface area contributed by atoms with Gasteiger partial charge in [0.25, 0.3) is 0 Å². The van der Waals surface area contributed by atoms with Crippen LogP contribution < -0.4 is 5.14 Å². The third-order valence-corrected chi connectivity index (χ3v) is 5.10. The average Bonchev–Trinajstić information content (AvgIpc) is 3.06. The van der Waals surface area contributed by atoms with Gasteiger partial charge in [0, 0.05) is 35.3 Å². The van der Waals surface area contributed by atoms with Crippen molar-refractivity contribution in [3.8, 4) is 22.4 Å². The molecule has 0 saturated heterocycles. The van der Waals surface area contributed by atoms with E-state index in [1.54, 1.807) is 41.4 Å². The van der Waals surface area contributed by atoms with Gasteiger partial charge >= 0.3 is 0 Å². The van der Waals surface area contributed by atoms with Crippen LogP contribution in [0.1, 0.15) is 5.56 Å². The molecule has 0 unspecified atom stereocenters. The molecule has 0 amide bonds. The van der Waals surface area contributed by atoms with Gasteiger partial charge < -0.3 is 0 Å². The molecule has 0 bridgehead atoms. The highest BCUT2D eigenvalue weighted by Crippen LogP contribution is 2.29. The summed E-state index contributed by atoms with van der Waals surface area (Å²) < 4.78 is 24.9. The van der Waals surface area contributed by atoms with Crippen molar-refractivity contribution < 1.29 is 8.42 Å². The maximum atomic E-state index is 11.6. The van der Waals surface area contributed by atoms with Gasteiger partial charge in [0.05, 0.1) is 16.8 Å². The fraction of sp³-hybridized carbons (Fsp3) is 0.0556. The molecule has 26 heavy (non-hydrogen) atoms. The van der Waals surface area contributed by atoms with Gasteiger partial charge in [0.1, 0.15) is 0 Å². The predicted molar refractivity (Wildman–Crippen MR) is 97.8 cm³/mol. The van der Waals surface area contributed by atoms with Gasteiger partial charge in [-0.1, -0.05) is 12.1 Å². The van der Waals surface area contributed by atoms with Crippen LogP contribution in [0.5, 0.6) is 0 Å². The number of aryl methyl sites for hydroxylation is 1. The highest BCUT2D eigenvalue weighted by Gasteiger charge is 2.15. The largest absolute Gasteiger partial charge is 0.264 e. The molecular formula is C18H15N5O2S. The number of nitrogens with zero attached hydrogens (tertiary/aromatic N) is 4. The molecule has 4 aromatic rings. The summed E-state index contributed by atoms with van der Waals surface area (Å²) in [6.45, 7) is 2.01. The number of aromatic nitrogens is 4. The topological polar surface area (TPSA) is 103 Å². The van der Waals surface area contributed by atoms with Crippen LogP contribution in [0.2, 0.25) is 0 Å². The molecule has 4 rings (SSSR count). The molecule has 0 aliphatic rings. The molecule has 0 radical (unpaired) electrons. The number of primary sulfonamides is 1. The van der Waals surface area contributed by atoms with E-state index in [1.165, 1.54) is 12.1 Å². The van der Waals surface area contributed by atoms with Gasteiger partial charge in [-0.25, -0.2) is 23.1 Å². The fourth-order valence-electron chi connectivity index (χ4n) is 2.88. The molecule has 130 valence electrons. The molecule has 3 heterocycles. The number of sulfonamides is 1. The molecule has 3 aromatic heterocycles. The van der Waals surface area contributed by atoms with Crippen LogP contribution in [-0.4, -0.2) is 28.0 Å². The summed E-state index contributed by atoms with van der Waals surface area (Å²) in [7, 11) is -3.78. The number of pyridine rings is 1. The molecule has 8 heteroatoms. The second-order valence-corrected chi connectivity index (χ2v) is 7.45. The maximum absolute atomic E-state index is 11.6. The van der Waals surface area contributed by atoms with Crippen molar-refractivity contribution in [1.29, 1.82) is 0 Å². The SMILES string of the molecule is Cc1ccncc1-c1ccnn2c(-c3cccc(S(N)(=O)=O)c3)cnc12. The highest BCUT2D eigenvalue weighted by atomic mass is 32.2. The second kappa shape index (κ2) is 6.01. The zero-order chi connectivity index (χ0) is 18.3. The molecule has 7 nitrogen and oxygen atoms in total. The highest BCUT2D eigenvalue weighted by molar-refractivity contribution is 7.89. The minimum absolute atomic E-state index is 0.0456. The van der Waals surface area contributed by atoms with Crippen molar-refractivity contribution in [3.63, 3.8) is 0 Å². The van der Waals surface area contributed by atoms with Crippen LogP contribution in [0.3, 0.4) is 0 Å². The lowest BCUT2D eigenvalue weighted by molar-refractivity contribution is 0.598. The van der Waals surface area contributed by atoms with E-state index in [-0.39, 0.29) is 4.90 Å². The Morgan fingerprint density at radius 2 is 1.88 bits per heavy atom. The van der Waals surface area contributed by atoms with Crippen molar-refractivity contribution in [2.24, 2.45) is 5.14 Å². The first-order valence-electron chi connectivity index (χ1n) is 7.82. The van der Waals surface area contributed by atoms with E-state index in [0.29, 0.717) is 16.9 Å². The lowest BCUT2D eigenvalue weighted by Gasteiger charge is -2.07. The Morgan fingerprint density at radius 3 is 2.65 bits per heavy atom. The lowest BCUT2D eigenvalue weighted by atomic mass is 10.1. The summed E-state index contributed by atoms with van der Waals surface area (Å²) in [6, 6.07) is 10.2. The van der Waals surface area contributed by atoms with Crippen molar-refractivity contribution >= 4 is 15.7 Å². The van der Waals surface area contributed by atoms with E-state index in [0.717, 1.165) is 16.7 Å². The number of fused-ring (bicyclic) bond motifs is 1. The van der Waals surface area contributed by atoms with Crippen molar-refractivity contribution in [3.05, 3.63) is 66.7 Å². The first kappa shape index (κ1) is 16.4. The van der Waals surface area contributed by atoms with E-state index in [2.05, 4.69) is 15.1 Å². The van der Waals surface area contributed by atoms with Crippen LogP contribution in [-0.2, 0) is 10.0 Å². The van der Waals surface area contributed by atoms with Gasteiger partial charge in [-0.15, -0.1) is 0 Å². The van der Waals surface area contributed by atoms with E-state index in [4.69, 9.17) is 5.14 Å². The molecule has 0 saturated carbocycles. The second-order valence-electron chi connectivity index (χ2n) is 5.89. The third kappa shape index (κ3) is 2.75. The van der Waals surface area contributed by atoms with E-state index < -0.39 is 10.0 Å². The summed E-state index contributed by atoms with van der Waals surface area (Å²) in [4.78, 5) is 8.74. The molecule has 0 aliphatic heterocycles. The number of imidazole rings is 1. The summed E-state index contributed by atoms with van der Waals surface area (Å²) in [6.07, 6.45) is 6.89. The van der Waals surface area contributed by atoms with Gasteiger partial charge in [0.2, 0.25) is 10.0 Å². The summed E-state index contributed by atoms with van der Waals surface area (Å²) in [5.74, 6) is 0. The smallest absolute Gasteiger partial charge is 0.238 e. The Bertz CT molecular complexity index is 1230. The Hall–Kier alpha value is -3.10. The minimum atomic E-state index is -3.78. The van der Waals surface area contributed by atoms with Crippen molar-refractivity contribution in [2.45, 2.75) is 11.8 Å². The standard InChI is InChI=1S/C18H15N5O2S/c1-12-5-7-20-10-16(12)15-6-8-22-23-17(11-21-18(15)23)13-3-2-4-14(9-13)26(19,24)25/h2-11H,1H3,(H2,19,24,25). The number of hydrogen-bond donors (Lipinski definition) is 1. The Labute approximate surface area is 150 Å². The van der Waals surface area contributed by atoms with Gasteiger partial charge in [-0.3, -0.25) is 4.98 Å². The Kier molecular flexibility index (Phi) is 3.78. The molecule has 0 fully saturated rings. The van der Waals surface area contributed by atoms with Crippen LogP contribution >= 0.6 is 0 Å². The minimum Gasteiger partial charge on any atom is -0.264 e. The monoisotopic (exact) mass is 365 g/mol. The number of rotatable bonds is 3. The zero-order valence-corrected chi connectivity index (χ0v) is 14.7. The summed E-state index contributed by atoms with van der Waals surface area (Å²) >= 11 is 0. The van der Waals surface area contributed by atoms with Gasteiger partial charge in [0.15, 0.2) is 5.65 Å². The zero-order valence-electron chi connectivity index (χ0n) is 13.9. The molecule has 1 aromatic carbocycles. The predicted octanol–water partition coefficient (Wildman–Crippen LogP) is 2.41. The van der Waals surface area contributed by atoms with Gasteiger partial charge in [-0.05, 0) is 36.8 Å². The van der Waals surface area contributed by atoms with Crippen LogP contribution in [0.25, 0.3) is 28.0 Å². The van der Waals surface area contributed by atoms with E-state index in [9.17, 15) is 8.42 Å². The summed E-state index contributed by atoms with van der Waals surface area (Å²) in [5, 5.41) is 9.61. The number of nitrogens with two attached hydrogens (primary N) is 1. The lowest BCUT2D eigenvalue weighted by Crippen LogP contribution is -2.12. The van der Waals surface area contributed by atoms with E-state index in [1.807, 2.05) is 19.1 Å². The number of benzene rings is 1. The molecule has 0 aliphatic carbocycles. The van der Waals surface area contributed by atoms with Gasteiger partial charge in [-0.2, -0.15) is 5.10 Å². The number of hydrogen-bond acceptors (Lipinski definition) is 5. The molecule has 2 N–H and O–H groups in total. The quantitative estimate of drug-likeness (QED) is 0.600. The average molecular weight is 365 g/mol. The first-order chi connectivity index (χ1) is 12.4. The fourth-order valence-corrected chi connectivity index (χ4v) is 3.44. The van der Waals surface area contributed by atoms with E-state index >= 15 is 0 Å². The third-order valence-electron chi connectivity index (χ3n) is 4.19. The Balaban J connectivity index is 1.93. The Morgan fingerprint density at radius 1 is 1.04 bits per heavy atom. The molecular weight excluding hydrogens is 350 g/mol. The van der Waals surface area contributed by atoms with Crippen LogP contribution in [0, 0.1) is 6.92 Å².